The van der Waals surface area contributed by atoms with Crippen molar-refractivity contribution in [2.75, 3.05) is 0 Å². The zero-order valence-electron chi connectivity index (χ0n) is 50.7. The number of rotatable bonds is 0. The summed E-state index contributed by atoms with van der Waals surface area (Å²) in [4.78, 5) is 0. The van der Waals surface area contributed by atoms with E-state index in [1.807, 2.05) is 27.7 Å². The zero-order chi connectivity index (χ0) is 59.3. The lowest BCUT2D eigenvalue weighted by atomic mass is 9.61. The normalized spacial score (nSPS) is 12.0. The lowest BCUT2D eigenvalue weighted by Crippen LogP contribution is -2.34. The highest BCUT2D eigenvalue weighted by Gasteiger charge is 2.49. The largest absolute Gasteiger partial charge is 0.344 e. The van der Waals surface area contributed by atoms with Gasteiger partial charge in [0.1, 0.15) is 0 Å². The number of aromatic nitrogens is 4. The maximum absolute atomic E-state index is 2.34. The summed E-state index contributed by atoms with van der Waals surface area (Å²) in [5.41, 5.74) is 21.5. The molecule has 4 aromatic heterocycles. The first-order valence-electron chi connectivity index (χ1n) is 30.5. The molecule has 0 radical (unpaired) electrons. The molecular formula is C82H74N4. The van der Waals surface area contributed by atoms with Crippen molar-refractivity contribution in [3.63, 3.8) is 0 Å². The van der Waals surface area contributed by atoms with Gasteiger partial charge in [0.2, 0.25) is 0 Å². The lowest BCUT2D eigenvalue weighted by molar-refractivity contribution is 0.722. The SMILES string of the molecule is CC.CC.Cn1c2ccccc2c2ccccc21.Cn1c2ccccc2c2ccccc21.Cn1c2ccccc2c2ccccc21.Cn1c2ccccc2c2ccccc21.c1ccc2c(c1)Cc1ccccc1C21c2ccccc2-c2ccccc21. The van der Waals surface area contributed by atoms with Crippen molar-refractivity contribution in [2.45, 2.75) is 39.5 Å². The summed E-state index contributed by atoms with van der Waals surface area (Å²) >= 11 is 0. The van der Waals surface area contributed by atoms with Crippen LogP contribution >= 0.6 is 0 Å². The molecular weight excluding hydrogens is 1040 g/mol. The van der Waals surface area contributed by atoms with E-state index in [0.29, 0.717) is 0 Å². The molecule has 0 N–H and O–H groups in total. The van der Waals surface area contributed by atoms with Gasteiger partial charge in [0, 0.05) is 115 Å². The molecule has 4 heteroatoms. The summed E-state index contributed by atoms with van der Waals surface area (Å²) in [5, 5.41) is 10.7. The molecule has 4 heterocycles. The Morgan fingerprint density at radius 3 is 0.616 bits per heavy atom. The third-order valence-electron chi connectivity index (χ3n) is 17.5. The standard InChI is InChI=1S/C26H18.4C13H11N.2C2H6/c1-5-13-22-18(9-1)17-19-10-2-6-14-23(19)26(22)24-15-7-3-11-20(24)21-12-4-8-16-25(21)26;4*1-14-12-8-4-2-6-10(12)11-7-3-5-9-13(11)14;2*1-2/h1-16H,17H2;4*2-9H,1H3;2*1-2H3. The van der Waals surface area contributed by atoms with Crippen molar-refractivity contribution < 1.29 is 0 Å². The number of aryl methyl sites for hydroxylation is 4. The minimum Gasteiger partial charge on any atom is -0.344 e. The first-order valence-corrected chi connectivity index (χ1v) is 30.5. The number of hydrogen-bond acceptors (Lipinski definition) is 0. The van der Waals surface area contributed by atoms with Gasteiger partial charge < -0.3 is 18.3 Å². The number of para-hydroxylation sites is 8. The number of benzene rings is 12. The first kappa shape index (κ1) is 56.3. The van der Waals surface area contributed by atoms with Crippen LogP contribution in [0.3, 0.4) is 0 Å². The Kier molecular flexibility index (Phi) is 16.1. The third-order valence-corrected chi connectivity index (χ3v) is 17.5. The van der Waals surface area contributed by atoms with E-state index in [1.54, 1.807) is 0 Å². The molecule has 16 aromatic rings. The topological polar surface area (TPSA) is 19.7 Å². The molecule has 0 fully saturated rings. The summed E-state index contributed by atoms with van der Waals surface area (Å²) in [6.07, 6.45) is 1.01. The molecule has 0 saturated carbocycles. The van der Waals surface area contributed by atoms with Gasteiger partial charge in [-0.15, -0.1) is 0 Å². The maximum Gasteiger partial charge on any atom is 0.0719 e. The number of hydrogen-bond donors (Lipinski definition) is 0. The molecule has 0 unspecified atom stereocenters. The molecule has 2 aliphatic carbocycles. The number of nitrogens with zero attached hydrogens (tertiary/aromatic N) is 4. The van der Waals surface area contributed by atoms with Crippen molar-refractivity contribution in [3.8, 4) is 11.1 Å². The van der Waals surface area contributed by atoms with Crippen molar-refractivity contribution in [2.24, 2.45) is 28.2 Å². The van der Waals surface area contributed by atoms with Crippen molar-refractivity contribution in [1.82, 2.24) is 18.3 Å². The summed E-state index contributed by atoms with van der Waals surface area (Å²) in [7, 11) is 8.46. The monoisotopic (exact) mass is 1110 g/mol. The minimum atomic E-state index is -0.196. The van der Waals surface area contributed by atoms with E-state index < -0.39 is 0 Å². The van der Waals surface area contributed by atoms with Crippen LogP contribution in [0.25, 0.3) is 98.4 Å². The van der Waals surface area contributed by atoms with E-state index in [4.69, 9.17) is 0 Å². The predicted octanol–water partition coefficient (Wildman–Crippen LogP) is 21.3. The molecule has 1 spiro atoms. The van der Waals surface area contributed by atoms with E-state index in [9.17, 15) is 0 Å². The minimum absolute atomic E-state index is 0.196. The fourth-order valence-corrected chi connectivity index (χ4v) is 13.7. The molecule has 0 saturated heterocycles. The highest BCUT2D eigenvalue weighted by atomic mass is 14.9. The van der Waals surface area contributed by atoms with Crippen molar-refractivity contribution in [3.05, 3.63) is 325 Å². The third kappa shape index (κ3) is 9.62. The average Bonchev–Trinajstić information content (AvgIpc) is 1.56. The summed E-state index contributed by atoms with van der Waals surface area (Å²) < 4.78 is 8.96. The molecule has 422 valence electrons. The molecule has 0 atom stereocenters. The zero-order valence-corrected chi connectivity index (χ0v) is 50.7. The molecule has 18 rings (SSSR count). The lowest BCUT2D eigenvalue weighted by Gasteiger charge is -2.40. The molecule has 4 nitrogen and oxygen atoms in total. The van der Waals surface area contributed by atoms with Crippen LogP contribution in [0.2, 0.25) is 0 Å². The Balaban J connectivity index is 0.000000107. The van der Waals surface area contributed by atoms with Gasteiger partial charge in [-0.25, -0.2) is 0 Å². The van der Waals surface area contributed by atoms with Gasteiger partial charge in [-0.1, -0.05) is 270 Å². The average molecular weight is 1120 g/mol. The predicted molar refractivity (Wildman–Crippen MR) is 371 cm³/mol. The van der Waals surface area contributed by atoms with Crippen LogP contribution in [0.1, 0.15) is 61.1 Å². The molecule has 12 aromatic carbocycles. The Morgan fingerprint density at radius 1 is 0.209 bits per heavy atom. The Hall–Kier alpha value is -10.2. The quantitative estimate of drug-likeness (QED) is 0.144. The van der Waals surface area contributed by atoms with Gasteiger partial charge in [-0.3, -0.25) is 0 Å². The van der Waals surface area contributed by atoms with Gasteiger partial charge in [0.25, 0.3) is 0 Å². The molecule has 0 aliphatic heterocycles. The van der Waals surface area contributed by atoms with Crippen LogP contribution < -0.4 is 0 Å². The summed E-state index contributed by atoms with van der Waals surface area (Å²) in [6, 6.07) is 104. The highest BCUT2D eigenvalue weighted by Crippen LogP contribution is 2.59. The van der Waals surface area contributed by atoms with Gasteiger partial charge in [-0.05, 0) is 99.5 Å². The first-order chi connectivity index (χ1) is 42.4. The second-order valence-corrected chi connectivity index (χ2v) is 21.7. The smallest absolute Gasteiger partial charge is 0.0719 e. The Labute approximate surface area is 506 Å². The molecule has 0 amide bonds. The summed E-state index contributed by atoms with van der Waals surface area (Å²) in [6.45, 7) is 8.00. The van der Waals surface area contributed by atoms with Gasteiger partial charge >= 0.3 is 0 Å². The maximum atomic E-state index is 2.34. The van der Waals surface area contributed by atoms with Crippen LogP contribution in [-0.2, 0) is 40.0 Å². The second kappa shape index (κ2) is 24.6. The van der Waals surface area contributed by atoms with Gasteiger partial charge in [0.15, 0.2) is 0 Å². The van der Waals surface area contributed by atoms with Crippen molar-refractivity contribution in [1.29, 1.82) is 0 Å². The van der Waals surface area contributed by atoms with Crippen LogP contribution in [0, 0.1) is 0 Å². The highest BCUT2D eigenvalue weighted by molar-refractivity contribution is 6.10. The van der Waals surface area contributed by atoms with Crippen molar-refractivity contribution >= 4 is 87.2 Å². The number of fused-ring (bicyclic) bond motifs is 21. The van der Waals surface area contributed by atoms with Gasteiger partial charge in [0.05, 0.1) is 5.41 Å². The second-order valence-electron chi connectivity index (χ2n) is 21.7. The Morgan fingerprint density at radius 2 is 0.384 bits per heavy atom. The summed E-state index contributed by atoms with van der Waals surface area (Å²) in [5.74, 6) is 0. The van der Waals surface area contributed by atoms with Crippen LogP contribution in [0.15, 0.2) is 291 Å². The van der Waals surface area contributed by atoms with E-state index in [0.717, 1.165) is 6.42 Å². The van der Waals surface area contributed by atoms with Gasteiger partial charge in [-0.2, -0.15) is 0 Å². The molecule has 0 bridgehead atoms. The van der Waals surface area contributed by atoms with E-state index >= 15 is 0 Å². The van der Waals surface area contributed by atoms with Crippen LogP contribution in [0.5, 0.6) is 0 Å². The molecule has 86 heavy (non-hydrogen) atoms. The van der Waals surface area contributed by atoms with E-state index in [2.05, 4.69) is 338 Å². The fourth-order valence-electron chi connectivity index (χ4n) is 13.7. The molecule has 2 aliphatic rings. The van der Waals surface area contributed by atoms with Crippen LogP contribution in [-0.4, -0.2) is 18.3 Å². The fraction of sp³-hybridized carbons (Fsp3) is 0.122. The Bertz CT molecular complexity index is 4280. The van der Waals surface area contributed by atoms with E-state index in [1.165, 1.54) is 132 Å². The van der Waals surface area contributed by atoms with E-state index in [-0.39, 0.29) is 5.41 Å². The van der Waals surface area contributed by atoms with Crippen LogP contribution in [0.4, 0.5) is 0 Å².